The molecule has 134 valence electrons. The molecular formula is C20H32ClN2O+. The van der Waals surface area contributed by atoms with Gasteiger partial charge in [0.05, 0.1) is 13.7 Å². The number of imidazole rings is 1. The molecule has 1 aromatic heterocycles. The lowest BCUT2D eigenvalue weighted by Crippen LogP contribution is -2.31. The highest BCUT2D eigenvalue weighted by Crippen LogP contribution is 2.19. The summed E-state index contributed by atoms with van der Waals surface area (Å²) in [7, 11) is 2.08. The lowest BCUT2D eigenvalue weighted by Gasteiger charge is -2.04. The molecule has 0 unspecified atom stereocenters. The molecule has 0 aliphatic rings. The zero-order chi connectivity index (χ0) is 17.4. The van der Waals surface area contributed by atoms with Crippen molar-refractivity contribution in [3.63, 3.8) is 0 Å². The van der Waals surface area contributed by atoms with Crippen molar-refractivity contribution >= 4 is 22.6 Å². The summed E-state index contributed by atoms with van der Waals surface area (Å²) >= 11 is 6.15. The van der Waals surface area contributed by atoms with Crippen molar-refractivity contribution in [3.8, 4) is 0 Å². The zero-order valence-corrected chi connectivity index (χ0v) is 16.2. The molecule has 0 amide bonds. The highest BCUT2D eigenvalue weighted by Gasteiger charge is 2.19. The number of benzene rings is 1. The molecule has 0 aliphatic heterocycles. The van der Waals surface area contributed by atoms with Crippen molar-refractivity contribution in [1.29, 1.82) is 0 Å². The van der Waals surface area contributed by atoms with Gasteiger partial charge in [-0.05, 0) is 18.6 Å². The van der Waals surface area contributed by atoms with Crippen molar-refractivity contribution in [2.24, 2.45) is 7.05 Å². The molecule has 3 nitrogen and oxygen atoms in total. The molecular weight excluding hydrogens is 320 g/mol. The number of aromatic nitrogens is 2. The van der Waals surface area contributed by atoms with E-state index in [9.17, 15) is 0 Å². The summed E-state index contributed by atoms with van der Waals surface area (Å²) in [5.74, 6) is 1.18. The minimum atomic E-state index is 0.597. The quantitative estimate of drug-likeness (QED) is 0.384. The molecule has 0 fully saturated rings. The predicted octanol–water partition coefficient (Wildman–Crippen LogP) is 5.54. The van der Waals surface area contributed by atoms with Gasteiger partial charge in [-0.25, -0.2) is 9.13 Å². The average molecular weight is 352 g/mol. The van der Waals surface area contributed by atoms with E-state index in [0.29, 0.717) is 6.73 Å². The first kappa shape index (κ1) is 19.3. The fourth-order valence-corrected chi connectivity index (χ4v) is 3.35. The third-order valence-electron chi connectivity index (χ3n) is 4.83. The SMILES string of the molecule is CCCCCCCCCCOCn1c(C)[n+](C)c2ccc(Cl)cc21. The Morgan fingerprint density at radius 2 is 1.71 bits per heavy atom. The van der Waals surface area contributed by atoms with Crippen LogP contribution in [0.1, 0.15) is 64.1 Å². The highest BCUT2D eigenvalue weighted by atomic mass is 35.5. The van der Waals surface area contributed by atoms with Gasteiger partial charge in [0, 0.05) is 18.0 Å². The molecule has 24 heavy (non-hydrogen) atoms. The van der Waals surface area contributed by atoms with Crippen LogP contribution in [-0.4, -0.2) is 11.2 Å². The van der Waals surface area contributed by atoms with Crippen LogP contribution in [0.2, 0.25) is 5.02 Å². The summed E-state index contributed by atoms with van der Waals surface area (Å²) in [6.07, 6.45) is 10.6. The predicted molar refractivity (Wildman–Crippen MR) is 101 cm³/mol. The summed E-state index contributed by atoms with van der Waals surface area (Å²) < 4.78 is 10.3. The number of hydrogen-bond acceptors (Lipinski definition) is 1. The number of unbranched alkanes of at least 4 members (excludes halogenated alkanes) is 7. The van der Waals surface area contributed by atoms with E-state index >= 15 is 0 Å². The van der Waals surface area contributed by atoms with Crippen LogP contribution in [0, 0.1) is 6.92 Å². The standard InChI is InChI=1S/C20H32ClN2O/c1-4-5-6-7-8-9-10-11-14-24-16-23-17(2)22(3)19-13-12-18(21)15-20(19)23/h12-13,15H,4-11,14,16H2,1-3H3/q+1. The Balaban J connectivity index is 1.72. The maximum absolute atomic E-state index is 6.15. The molecule has 4 heteroatoms. The Morgan fingerprint density at radius 3 is 2.42 bits per heavy atom. The van der Waals surface area contributed by atoms with E-state index in [1.807, 2.05) is 12.1 Å². The van der Waals surface area contributed by atoms with E-state index in [1.165, 1.54) is 56.3 Å². The molecule has 0 aliphatic carbocycles. The Labute approximate surface area is 151 Å². The minimum absolute atomic E-state index is 0.597. The van der Waals surface area contributed by atoms with Crippen molar-refractivity contribution in [3.05, 3.63) is 29.0 Å². The molecule has 0 bridgehead atoms. The van der Waals surface area contributed by atoms with Crippen LogP contribution >= 0.6 is 11.6 Å². The molecule has 0 spiro atoms. The largest absolute Gasteiger partial charge is 0.342 e. The number of nitrogens with zero attached hydrogens (tertiary/aromatic N) is 2. The monoisotopic (exact) mass is 351 g/mol. The normalized spacial score (nSPS) is 11.5. The molecule has 0 radical (unpaired) electrons. The number of hydrogen-bond donors (Lipinski definition) is 0. The molecule has 0 atom stereocenters. The third-order valence-corrected chi connectivity index (χ3v) is 5.06. The number of fused-ring (bicyclic) bond motifs is 1. The van der Waals surface area contributed by atoms with Crippen LogP contribution in [0.25, 0.3) is 11.0 Å². The van der Waals surface area contributed by atoms with Gasteiger partial charge in [0.1, 0.15) is 0 Å². The van der Waals surface area contributed by atoms with Gasteiger partial charge in [-0.2, -0.15) is 0 Å². The maximum atomic E-state index is 6.15. The van der Waals surface area contributed by atoms with Gasteiger partial charge < -0.3 is 4.74 Å². The van der Waals surface area contributed by atoms with Crippen molar-refractivity contribution in [2.75, 3.05) is 6.61 Å². The minimum Gasteiger partial charge on any atom is -0.342 e. The molecule has 1 aromatic carbocycles. The van der Waals surface area contributed by atoms with E-state index in [1.54, 1.807) is 0 Å². The van der Waals surface area contributed by atoms with Crippen molar-refractivity contribution in [2.45, 2.75) is 71.9 Å². The lowest BCUT2D eigenvalue weighted by molar-refractivity contribution is -0.652. The summed E-state index contributed by atoms with van der Waals surface area (Å²) in [6.45, 7) is 5.81. The summed E-state index contributed by atoms with van der Waals surface area (Å²) in [5.41, 5.74) is 2.33. The van der Waals surface area contributed by atoms with Crippen molar-refractivity contribution in [1.82, 2.24) is 4.57 Å². The molecule has 0 saturated carbocycles. The number of rotatable bonds is 11. The van der Waals surface area contributed by atoms with Gasteiger partial charge >= 0.3 is 0 Å². The second kappa shape index (κ2) is 10.0. The second-order valence-corrected chi connectivity index (χ2v) is 7.12. The van der Waals surface area contributed by atoms with E-state index in [-0.39, 0.29) is 0 Å². The highest BCUT2D eigenvalue weighted by molar-refractivity contribution is 6.31. The molecule has 1 heterocycles. The molecule has 2 aromatic rings. The zero-order valence-electron chi connectivity index (χ0n) is 15.5. The first-order valence-corrected chi connectivity index (χ1v) is 9.75. The van der Waals surface area contributed by atoms with Gasteiger partial charge in [0.2, 0.25) is 0 Å². The van der Waals surface area contributed by atoms with E-state index < -0.39 is 0 Å². The Hall–Kier alpha value is -1.06. The van der Waals surface area contributed by atoms with Gasteiger partial charge in [-0.3, -0.25) is 0 Å². The van der Waals surface area contributed by atoms with Gasteiger partial charge in [-0.1, -0.05) is 63.5 Å². The molecule has 2 rings (SSSR count). The van der Waals surface area contributed by atoms with Crippen LogP contribution in [-0.2, 0) is 18.5 Å². The van der Waals surface area contributed by atoms with Crippen LogP contribution in [0.5, 0.6) is 0 Å². The third kappa shape index (κ3) is 5.22. The van der Waals surface area contributed by atoms with E-state index in [2.05, 4.69) is 36.1 Å². The van der Waals surface area contributed by atoms with Gasteiger partial charge in [-0.15, -0.1) is 0 Å². The van der Waals surface area contributed by atoms with Crippen molar-refractivity contribution < 1.29 is 9.30 Å². The van der Waals surface area contributed by atoms with Gasteiger partial charge in [0.25, 0.3) is 5.82 Å². The molecule has 0 saturated heterocycles. The van der Waals surface area contributed by atoms with Crippen LogP contribution in [0.3, 0.4) is 0 Å². The van der Waals surface area contributed by atoms with E-state index in [0.717, 1.165) is 23.6 Å². The summed E-state index contributed by atoms with van der Waals surface area (Å²) in [4.78, 5) is 0. The van der Waals surface area contributed by atoms with E-state index in [4.69, 9.17) is 16.3 Å². The maximum Gasteiger partial charge on any atom is 0.255 e. The first-order valence-electron chi connectivity index (χ1n) is 9.37. The summed E-state index contributed by atoms with van der Waals surface area (Å²) in [6, 6.07) is 6.03. The number of aryl methyl sites for hydroxylation is 1. The van der Waals surface area contributed by atoms with Crippen LogP contribution in [0.15, 0.2) is 18.2 Å². The Kier molecular flexibility index (Phi) is 8.07. The van der Waals surface area contributed by atoms with Gasteiger partial charge in [0.15, 0.2) is 17.8 Å². The lowest BCUT2D eigenvalue weighted by atomic mass is 10.1. The fourth-order valence-electron chi connectivity index (χ4n) is 3.18. The second-order valence-electron chi connectivity index (χ2n) is 6.68. The Bertz CT molecular complexity index is 636. The van der Waals surface area contributed by atoms with Crippen LogP contribution in [0.4, 0.5) is 0 Å². The smallest absolute Gasteiger partial charge is 0.255 e. The average Bonchev–Trinajstić information content (AvgIpc) is 2.80. The Morgan fingerprint density at radius 1 is 1.04 bits per heavy atom. The first-order chi connectivity index (χ1) is 11.6. The van der Waals surface area contributed by atoms with Crippen LogP contribution < -0.4 is 4.57 Å². The number of ether oxygens (including phenoxy) is 1. The number of halogens is 1. The molecule has 0 N–H and O–H groups in total. The summed E-state index contributed by atoms with van der Waals surface area (Å²) in [5, 5.41) is 0.768. The fraction of sp³-hybridized carbons (Fsp3) is 0.650. The topological polar surface area (TPSA) is 18.0 Å².